The molecule has 3 heteroatoms. The summed E-state index contributed by atoms with van der Waals surface area (Å²) in [5.74, 6) is 0.819. The first-order valence-electron chi connectivity index (χ1n) is 4.73. The van der Waals surface area contributed by atoms with Crippen molar-refractivity contribution in [2.24, 2.45) is 11.3 Å². The number of halogens is 1. The molecule has 13 heavy (non-hydrogen) atoms. The van der Waals surface area contributed by atoms with E-state index in [1.54, 1.807) is 0 Å². The Bertz CT molecular complexity index is 166. The fourth-order valence-corrected chi connectivity index (χ4v) is 1.39. The van der Waals surface area contributed by atoms with Gasteiger partial charge in [0.15, 0.2) is 0 Å². The van der Waals surface area contributed by atoms with Crippen molar-refractivity contribution in [2.45, 2.75) is 34.1 Å². The molecule has 0 radical (unpaired) electrons. The second-order valence-corrected chi connectivity index (χ2v) is 4.85. The van der Waals surface area contributed by atoms with E-state index >= 15 is 0 Å². The summed E-state index contributed by atoms with van der Waals surface area (Å²) in [6.45, 7) is 8.70. The Balaban J connectivity index is 3.80. The Kier molecular flexibility index (Phi) is 5.38. The maximum Gasteiger partial charge on any atom is 0.222 e. The van der Waals surface area contributed by atoms with Gasteiger partial charge in [0.05, 0.1) is 0 Å². The van der Waals surface area contributed by atoms with Crippen LogP contribution in [0, 0.1) is 11.3 Å². The molecule has 0 aromatic heterocycles. The summed E-state index contributed by atoms with van der Waals surface area (Å²) < 4.78 is 0. The van der Waals surface area contributed by atoms with Crippen LogP contribution in [0.15, 0.2) is 0 Å². The van der Waals surface area contributed by atoms with E-state index in [0.29, 0.717) is 12.4 Å². The lowest BCUT2D eigenvalue weighted by Crippen LogP contribution is -2.36. The molecule has 0 aliphatic rings. The van der Waals surface area contributed by atoms with Gasteiger partial charge in [-0.2, -0.15) is 0 Å². The molecule has 0 aromatic rings. The monoisotopic (exact) mass is 205 g/mol. The summed E-state index contributed by atoms with van der Waals surface area (Å²) in [6, 6.07) is 0. The van der Waals surface area contributed by atoms with Crippen molar-refractivity contribution in [2.75, 3.05) is 12.4 Å². The van der Waals surface area contributed by atoms with Gasteiger partial charge in [-0.3, -0.25) is 4.79 Å². The van der Waals surface area contributed by atoms with Crippen molar-refractivity contribution in [3.63, 3.8) is 0 Å². The van der Waals surface area contributed by atoms with Gasteiger partial charge in [-0.1, -0.05) is 27.7 Å². The zero-order chi connectivity index (χ0) is 10.5. The highest BCUT2D eigenvalue weighted by molar-refractivity contribution is 6.17. The van der Waals surface area contributed by atoms with Crippen LogP contribution in [-0.4, -0.2) is 18.3 Å². The van der Waals surface area contributed by atoms with Crippen LogP contribution >= 0.6 is 11.6 Å². The Hall–Kier alpha value is -0.240. The number of amides is 1. The van der Waals surface area contributed by atoms with E-state index in [4.69, 9.17) is 11.6 Å². The molecule has 0 bridgehead atoms. The fourth-order valence-electron chi connectivity index (χ4n) is 0.875. The molecule has 0 spiro atoms. The SMILES string of the molecule is CC(C)C(=O)NCC(C)(C)CCCl. The molecule has 0 heterocycles. The molecule has 0 rings (SSSR count). The summed E-state index contributed by atoms with van der Waals surface area (Å²) in [7, 11) is 0. The van der Waals surface area contributed by atoms with E-state index in [2.05, 4.69) is 19.2 Å². The van der Waals surface area contributed by atoms with Gasteiger partial charge in [-0.05, 0) is 11.8 Å². The maximum atomic E-state index is 11.2. The minimum atomic E-state index is 0.0619. The molecular weight excluding hydrogens is 186 g/mol. The average Bonchev–Trinajstić information content (AvgIpc) is 2.00. The summed E-state index contributed by atoms with van der Waals surface area (Å²) in [5.41, 5.74) is 0.103. The molecule has 0 aromatic carbocycles. The second-order valence-electron chi connectivity index (χ2n) is 4.48. The van der Waals surface area contributed by atoms with Crippen molar-refractivity contribution in [3.8, 4) is 0 Å². The highest BCUT2D eigenvalue weighted by atomic mass is 35.5. The number of carbonyl (C=O) groups is 1. The Morgan fingerprint density at radius 3 is 2.38 bits per heavy atom. The third-order valence-corrected chi connectivity index (χ3v) is 2.23. The number of alkyl halides is 1. The van der Waals surface area contributed by atoms with Crippen LogP contribution in [-0.2, 0) is 4.79 Å². The largest absolute Gasteiger partial charge is 0.355 e. The number of carbonyl (C=O) groups excluding carboxylic acids is 1. The Morgan fingerprint density at radius 2 is 2.00 bits per heavy atom. The second kappa shape index (κ2) is 5.48. The van der Waals surface area contributed by atoms with Gasteiger partial charge >= 0.3 is 0 Å². The molecule has 1 N–H and O–H groups in total. The molecule has 0 aliphatic carbocycles. The molecule has 0 aliphatic heterocycles. The molecule has 0 saturated heterocycles. The maximum absolute atomic E-state index is 11.2. The summed E-state index contributed by atoms with van der Waals surface area (Å²) >= 11 is 5.65. The van der Waals surface area contributed by atoms with Gasteiger partial charge < -0.3 is 5.32 Å². The lowest BCUT2D eigenvalue weighted by Gasteiger charge is -2.24. The number of hydrogen-bond donors (Lipinski definition) is 1. The molecule has 0 saturated carbocycles. The van der Waals surface area contributed by atoms with E-state index in [-0.39, 0.29) is 17.2 Å². The lowest BCUT2D eigenvalue weighted by molar-refractivity contribution is -0.124. The first-order valence-corrected chi connectivity index (χ1v) is 5.26. The zero-order valence-electron chi connectivity index (χ0n) is 8.98. The van der Waals surface area contributed by atoms with Gasteiger partial charge in [0.2, 0.25) is 5.91 Å². The van der Waals surface area contributed by atoms with Crippen LogP contribution in [0.5, 0.6) is 0 Å². The van der Waals surface area contributed by atoms with Crippen molar-refractivity contribution in [3.05, 3.63) is 0 Å². The smallest absolute Gasteiger partial charge is 0.222 e. The third kappa shape index (κ3) is 5.92. The number of hydrogen-bond acceptors (Lipinski definition) is 1. The molecule has 2 nitrogen and oxygen atoms in total. The molecule has 1 amide bonds. The van der Waals surface area contributed by atoms with Crippen molar-refractivity contribution < 1.29 is 4.79 Å². The molecular formula is C10H20ClNO. The molecule has 0 unspecified atom stereocenters. The van der Waals surface area contributed by atoms with Gasteiger partial charge in [0.25, 0.3) is 0 Å². The van der Waals surface area contributed by atoms with E-state index in [9.17, 15) is 4.79 Å². The highest BCUT2D eigenvalue weighted by Crippen LogP contribution is 2.19. The summed E-state index contributed by atoms with van der Waals surface area (Å²) in [5, 5.41) is 2.91. The summed E-state index contributed by atoms with van der Waals surface area (Å²) in [4.78, 5) is 11.2. The van der Waals surface area contributed by atoms with Crippen LogP contribution in [0.1, 0.15) is 34.1 Å². The number of rotatable bonds is 5. The first kappa shape index (κ1) is 12.8. The van der Waals surface area contributed by atoms with E-state index in [1.165, 1.54) is 0 Å². The van der Waals surface area contributed by atoms with E-state index < -0.39 is 0 Å². The minimum absolute atomic E-state index is 0.0619. The van der Waals surface area contributed by atoms with Crippen LogP contribution in [0.3, 0.4) is 0 Å². The van der Waals surface area contributed by atoms with Gasteiger partial charge in [0.1, 0.15) is 0 Å². The lowest BCUT2D eigenvalue weighted by atomic mass is 9.90. The predicted molar refractivity (Wildman–Crippen MR) is 57.0 cm³/mol. The number of nitrogens with one attached hydrogen (secondary N) is 1. The van der Waals surface area contributed by atoms with Crippen LogP contribution in [0.4, 0.5) is 0 Å². The standard InChI is InChI=1S/C10H20ClNO/c1-8(2)9(13)12-7-10(3,4)5-6-11/h8H,5-7H2,1-4H3,(H,12,13). The van der Waals surface area contributed by atoms with Crippen molar-refractivity contribution in [1.82, 2.24) is 5.32 Å². The van der Waals surface area contributed by atoms with E-state index in [1.807, 2.05) is 13.8 Å². The Labute approximate surface area is 86.0 Å². The summed E-state index contributed by atoms with van der Waals surface area (Å²) in [6.07, 6.45) is 0.924. The topological polar surface area (TPSA) is 29.1 Å². The van der Waals surface area contributed by atoms with Crippen molar-refractivity contribution >= 4 is 17.5 Å². The van der Waals surface area contributed by atoms with Gasteiger partial charge in [-0.25, -0.2) is 0 Å². The van der Waals surface area contributed by atoms with Gasteiger partial charge in [0, 0.05) is 18.3 Å². The fraction of sp³-hybridized carbons (Fsp3) is 0.900. The highest BCUT2D eigenvalue weighted by Gasteiger charge is 2.18. The Morgan fingerprint density at radius 1 is 1.46 bits per heavy atom. The van der Waals surface area contributed by atoms with Crippen molar-refractivity contribution in [1.29, 1.82) is 0 Å². The molecule has 78 valence electrons. The van der Waals surface area contributed by atoms with Crippen LogP contribution < -0.4 is 5.32 Å². The normalized spacial score (nSPS) is 11.8. The molecule has 0 atom stereocenters. The van der Waals surface area contributed by atoms with E-state index in [0.717, 1.165) is 6.42 Å². The third-order valence-electron chi connectivity index (χ3n) is 2.04. The predicted octanol–water partition coefficient (Wildman–Crippen LogP) is 2.41. The average molecular weight is 206 g/mol. The van der Waals surface area contributed by atoms with Gasteiger partial charge in [-0.15, -0.1) is 11.6 Å². The minimum Gasteiger partial charge on any atom is -0.355 e. The van der Waals surface area contributed by atoms with Crippen LogP contribution in [0.2, 0.25) is 0 Å². The quantitative estimate of drug-likeness (QED) is 0.687. The molecule has 0 fully saturated rings. The first-order chi connectivity index (χ1) is 5.89. The van der Waals surface area contributed by atoms with Crippen LogP contribution in [0.25, 0.3) is 0 Å². The zero-order valence-corrected chi connectivity index (χ0v) is 9.74.